The summed E-state index contributed by atoms with van der Waals surface area (Å²) in [7, 11) is 0. The lowest BCUT2D eigenvalue weighted by atomic mass is 9.83. The van der Waals surface area contributed by atoms with Crippen LogP contribution in [-0.2, 0) is 4.79 Å². The van der Waals surface area contributed by atoms with Gasteiger partial charge in [0.25, 0.3) is 5.91 Å². The van der Waals surface area contributed by atoms with E-state index < -0.39 is 0 Å². The Balaban J connectivity index is 1.70. The summed E-state index contributed by atoms with van der Waals surface area (Å²) in [5.74, 6) is 0.686. The minimum atomic E-state index is 0.0102. The molecule has 1 aromatic rings. The van der Waals surface area contributed by atoms with Gasteiger partial charge in [0.1, 0.15) is 0 Å². The quantitative estimate of drug-likeness (QED) is 0.834. The van der Waals surface area contributed by atoms with Gasteiger partial charge in [-0.15, -0.1) is 0 Å². The molecule has 3 rings (SSSR count). The van der Waals surface area contributed by atoms with Crippen molar-refractivity contribution in [3.8, 4) is 0 Å². The number of carbonyl (C=O) groups excluding carboxylic acids is 2. The van der Waals surface area contributed by atoms with Gasteiger partial charge in [0.15, 0.2) is 0 Å². The molecule has 2 saturated heterocycles. The molecule has 0 saturated carbocycles. The van der Waals surface area contributed by atoms with Crippen LogP contribution in [0.5, 0.6) is 0 Å². The average Bonchev–Trinajstić information content (AvgIpc) is 2.60. The number of unbranched alkanes of at least 4 members (excludes halogenated alkanes) is 1. The van der Waals surface area contributed by atoms with E-state index in [0.717, 1.165) is 38.8 Å². The largest absolute Gasteiger partial charge is 0.339 e. The van der Waals surface area contributed by atoms with Gasteiger partial charge < -0.3 is 9.80 Å². The van der Waals surface area contributed by atoms with Crippen LogP contribution in [-0.4, -0.2) is 47.3 Å². The summed E-state index contributed by atoms with van der Waals surface area (Å²) in [6.45, 7) is 4.43. The van der Waals surface area contributed by atoms with Crippen LogP contribution in [0, 0.1) is 5.92 Å². The minimum absolute atomic E-state index is 0.0102. The Morgan fingerprint density at radius 3 is 2.83 bits per heavy atom. The zero-order valence-electron chi connectivity index (χ0n) is 14.2. The first-order valence-corrected chi connectivity index (χ1v) is 9.33. The van der Waals surface area contributed by atoms with Gasteiger partial charge in [-0.2, -0.15) is 0 Å². The molecule has 4 nitrogen and oxygen atoms in total. The summed E-state index contributed by atoms with van der Waals surface area (Å²) in [5, 5.41) is 0.507. The highest BCUT2D eigenvalue weighted by molar-refractivity contribution is 6.33. The van der Waals surface area contributed by atoms with Crippen molar-refractivity contribution in [1.29, 1.82) is 0 Å². The van der Waals surface area contributed by atoms with Crippen LogP contribution in [0.25, 0.3) is 0 Å². The molecule has 2 amide bonds. The van der Waals surface area contributed by atoms with Crippen LogP contribution in [0.15, 0.2) is 24.3 Å². The van der Waals surface area contributed by atoms with Crippen LogP contribution in [0.4, 0.5) is 0 Å². The van der Waals surface area contributed by atoms with Crippen molar-refractivity contribution in [2.24, 2.45) is 5.92 Å². The summed E-state index contributed by atoms with van der Waals surface area (Å²) < 4.78 is 0. The highest BCUT2D eigenvalue weighted by Gasteiger charge is 2.40. The maximum atomic E-state index is 12.8. The van der Waals surface area contributed by atoms with E-state index in [1.165, 1.54) is 0 Å². The Morgan fingerprint density at radius 2 is 2.08 bits per heavy atom. The van der Waals surface area contributed by atoms with Crippen LogP contribution >= 0.6 is 11.6 Å². The van der Waals surface area contributed by atoms with Gasteiger partial charge in [-0.05, 0) is 37.3 Å². The SMILES string of the molecule is CCCCN1C(=O)CC[C@H]2CN(C(=O)c3ccccc3Cl)CC[C@H]21. The topological polar surface area (TPSA) is 40.6 Å². The molecule has 5 heteroatoms. The van der Waals surface area contributed by atoms with Gasteiger partial charge in [0.2, 0.25) is 5.91 Å². The van der Waals surface area contributed by atoms with Crippen molar-refractivity contribution in [2.45, 2.75) is 45.1 Å². The lowest BCUT2D eigenvalue weighted by Crippen LogP contribution is -2.57. The molecule has 0 aromatic heterocycles. The van der Waals surface area contributed by atoms with Gasteiger partial charge in [-0.25, -0.2) is 0 Å². The second kappa shape index (κ2) is 7.56. The minimum Gasteiger partial charge on any atom is -0.339 e. The fourth-order valence-corrected chi connectivity index (χ4v) is 4.18. The predicted octanol–water partition coefficient (Wildman–Crippen LogP) is 3.59. The van der Waals surface area contributed by atoms with Gasteiger partial charge in [0, 0.05) is 32.1 Å². The number of fused-ring (bicyclic) bond motifs is 1. The molecule has 0 radical (unpaired) electrons. The van der Waals surface area contributed by atoms with Crippen molar-refractivity contribution >= 4 is 23.4 Å². The summed E-state index contributed by atoms with van der Waals surface area (Å²) >= 11 is 6.17. The van der Waals surface area contributed by atoms with E-state index in [4.69, 9.17) is 11.6 Å². The molecule has 0 bridgehead atoms. The molecule has 2 aliphatic heterocycles. The van der Waals surface area contributed by atoms with E-state index >= 15 is 0 Å². The van der Waals surface area contributed by atoms with Crippen molar-refractivity contribution in [1.82, 2.24) is 9.80 Å². The molecule has 130 valence electrons. The third kappa shape index (κ3) is 3.44. The smallest absolute Gasteiger partial charge is 0.255 e. The number of nitrogens with zero attached hydrogens (tertiary/aromatic N) is 2. The third-order valence-corrected chi connectivity index (χ3v) is 5.62. The molecule has 2 fully saturated rings. The number of hydrogen-bond donors (Lipinski definition) is 0. The zero-order chi connectivity index (χ0) is 17.1. The number of carbonyl (C=O) groups is 2. The van der Waals surface area contributed by atoms with E-state index in [9.17, 15) is 9.59 Å². The number of piperidine rings is 2. The normalized spacial score (nSPS) is 24.0. The Hall–Kier alpha value is -1.55. The van der Waals surface area contributed by atoms with Crippen LogP contribution in [0.3, 0.4) is 0 Å². The van der Waals surface area contributed by atoms with E-state index in [0.29, 0.717) is 35.5 Å². The number of amides is 2. The fraction of sp³-hybridized carbons (Fsp3) is 0.579. The molecular formula is C19H25ClN2O2. The summed E-state index contributed by atoms with van der Waals surface area (Å²) in [6, 6.07) is 7.52. The Labute approximate surface area is 148 Å². The molecule has 0 aliphatic carbocycles. The van der Waals surface area contributed by atoms with E-state index in [-0.39, 0.29) is 11.8 Å². The second-order valence-electron chi connectivity index (χ2n) is 6.83. The zero-order valence-corrected chi connectivity index (χ0v) is 15.0. The molecule has 1 aromatic carbocycles. The highest BCUT2D eigenvalue weighted by atomic mass is 35.5. The maximum absolute atomic E-state index is 12.8. The number of likely N-dealkylation sites (tertiary alicyclic amines) is 2. The molecule has 2 aliphatic rings. The number of benzene rings is 1. The van der Waals surface area contributed by atoms with E-state index in [2.05, 4.69) is 11.8 Å². The molecule has 0 N–H and O–H groups in total. The third-order valence-electron chi connectivity index (χ3n) is 5.29. The standard InChI is InChI=1S/C19H25ClN2O2/c1-2-3-11-22-17-10-12-21(13-14(17)8-9-18(22)23)19(24)15-6-4-5-7-16(15)20/h4-7,14,17H,2-3,8-13H2,1H3/t14-,17+/m0/s1. The lowest BCUT2D eigenvalue weighted by Gasteiger charge is -2.47. The van der Waals surface area contributed by atoms with Crippen molar-refractivity contribution < 1.29 is 9.59 Å². The number of halogens is 1. The Bertz CT molecular complexity index is 619. The monoisotopic (exact) mass is 348 g/mol. The van der Waals surface area contributed by atoms with Gasteiger partial charge >= 0.3 is 0 Å². The summed E-state index contributed by atoms with van der Waals surface area (Å²) in [4.78, 5) is 29.0. The Morgan fingerprint density at radius 1 is 1.29 bits per heavy atom. The molecule has 0 spiro atoms. The molecule has 2 heterocycles. The fourth-order valence-electron chi connectivity index (χ4n) is 3.96. The average molecular weight is 349 g/mol. The van der Waals surface area contributed by atoms with Crippen molar-refractivity contribution in [3.05, 3.63) is 34.9 Å². The first-order valence-electron chi connectivity index (χ1n) is 8.95. The molecule has 0 unspecified atom stereocenters. The predicted molar refractivity (Wildman–Crippen MR) is 95.1 cm³/mol. The second-order valence-corrected chi connectivity index (χ2v) is 7.23. The highest BCUT2D eigenvalue weighted by Crippen LogP contribution is 2.32. The molecular weight excluding hydrogens is 324 g/mol. The molecule has 24 heavy (non-hydrogen) atoms. The van der Waals surface area contributed by atoms with Crippen molar-refractivity contribution in [2.75, 3.05) is 19.6 Å². The maximum Gasteiger partial charge on any atom is 0.255 e. The van der Waals surface area contributed by atoms with Crippen LogP contribution in [0.2, 0.25) is 5.02 Å². The van der Waals surface area contributed by atoms with Crippen molar-refractivity contribution in [3.63, 3.8) is 0 Å². The van der Waals surface area contributed by atoms with Gasteiger partial charge in [-0.1, -0.05) is 37.1 Å². The summed E-state index contributed by atoms with van der Waals surface area (Å²) in [6.07, 6.45) is 4.52. The lowest BCUT2D eigenvalue weighted by molar-refractivity contribution is -0.140. The number of rotatable bonds is 4. The van der Waals surface area contributed by atoms with E-state index in [1.54, 1.807) is 12.1 Å². The van der Waals surface area contributed by atoms with Gasteiger partial charge in [0.05, 0.1) is 10.6 Å². The summed E-state index contributed by atoms with van der Waals surface area (Å²) in [5.41, 5.74) is 0.576. The molecule has 2 atom stereocenters. The van der Waals surface area contributed by atoms with Crippen LogP contribution in [0.1, 0.15) is 49.4 Å². The van der Waals surface area contributed by atoms with Gasteiger partial charge in [-0.3, -0.25) is 9.59 Å². The Kier molecular flexibility index (Phi) is 5.44. The van der Waals surface area contributed by atoms with E-state index in [1.807, 2.05) is 17.0 Å². The first kappa shape index (κ1) is 17.3. The van der Waals surface area contributed by atoms with Crippen LogP contribution < -0.4 is 0 Å². The first-order chi connectivity index (χ1) is 11.6. The number of hydrogen-bond acceptors (Lipinski definition) is 2.